The minimum Gasteiger partial charge on any atom is -0.381 e. The molecule has 0 N–H and O–H groups in total. The molecule has 4 nitrogen and oxygen atoms in total. The maximum absolute atomic E-state index is 13.3. The molecular formula is C14H20FNO3S. The van der Waals surface area contributed by atoms with Crippen LogP contribution in [0.2, 0.25) is 0 Å². The first-order valence-corrected chi connectivity index (χ1v) is 8.10. The van der Waals surface area contributed by atoms with Gasteiger partial charge in [-0.1, -0.05) is 0 Å². The average molecular weight is 301 g/mol. The summed E-state index contributed by atoms with van der Waals surface area (Å²) in [4.78, 5) is 0.231. The van der Waals surface area contributed by atoms with Gasteiger partial charge in [0.15, 0.2) is 0 Å². The smallest absolute Gasteiger partial charge is 0.243 e. The Balaban J connectivity index is 2.32. The number of benzene rings is 1. The first-order chi connectivity index (χ1) is 9.36. The topological polar surface area (TPSA) is 46.6 Å². The summed E-state index contributed by atoms with van der Waals surface area (Å²) < 4.78 is 45.4. The minimum atomic E-state index is -3.56. The predicted molar refractivity (Wildman–Crippen MR) is 74.7 cm³/mol. The molecule has 0 amide bonds. The highest BCUT2D eigenvalue weighted by molar-refractivity contribution is 7.89. The van der Waals surface area contributed by atoms with Gasteiger partial charge in [-0.15, -0.1) is 0 Å². The Morgan fingerprint density at radius 1 is 1.20 bits per heavy atom. The number of rotatable bonds is 3. The van der Waals surface area contributed by atoms with E-state index in [-0.39, 0.29) is 11.0 Å². The van der Waals surface area contributed by atoms with Crippen molar-refractivity contribution in [2.24, 2.45) is 0 Å². The Morgan fingerprint density at radius 2 is 1.70 bits per heavy atom. The molecule has 0 saturated carbocycles. The van der Waals surface area contributed by atoms with Crippen LogP contribution in [-0.2, 0) is 14.8 Å². The Bertz CT molecular complexity index is 569. The van der Waals surface area contributed by atoms with Crippen LogP contribution in [0.15, 0.2) is 17.0 Å². The monoisotopic (exact) mass is 301 g/mol. The third kappa shape index (κ3) is 2.87. The Hall–Kier alpha value is -0.980. The van der Waals surface area contributed by atoms with E-state index in [1.54, 1.807) is 21.0 Å². The zero-order valence-electron chi connectivity index (χ0n) is 12.0. The largest absolute Gasteiger partial charge is 0.381 e. The standard InChI is InChI=1S/C14H20FNO3S/c1-10-8-12(15)9-11(2)14(10)20(17,18)16-6-4-13(19-3)5-7-16/h8-9,13H,4-7H2,1-3H3. The molecule has 20 heavy (non-hydrogen) atoms. The second-order valence-electron chi connectivity index (χ2n) is 5.21. The highest BCUT2D eigenvalue weighted by atomic mass is 32.2. The molecule has 0 spiro atoms. The van der Waals surface area contributed by atoms with Crippen molar-refractivity contribution >= 4 is 10.0 Å². The predicted octanol–water partition coefficient (Wildman–Crippen LogP) is 2.24. The first kappa shape index (κ1) is 15.4. The highest BCUT2D eigenvalue weighted by Crippen LogP contribution is 2.27. The maximum atomic E-state index is 13.3. The van der Waals surface area contributed by atoms with Crippen LogP contribution in [0.4, 0.5) is 4.39 Å². The molecule has 1 fully saturated rings. The lowest BCUT2D eigenvalue weighted by Crippen LogP contribution is -2.41. The summed E-state index contributed by atoms with van der Waals surface area (Å²) in [7, 11) is -1.92. The summed E-state index contributed by atoms with van der Waals surface area (Å²) in [5.41, 5.74) is 0.910. The van der Waals surface area contributed by atoms with Gasteiger partial charge in [0.25, 0.3) is 0 Å². The van der Waals surface area contributed by atoms with E-state index in [0.29, 0.717) is 37.1 Å². The molecule has 1 aromatic rings. The number of methoxy groups -OCH3 is 1. The molecule has 0 unspecified atom stereocenters. The normalized spacial score (nSPS) is 18.4. The van der Waals surface area contributed by atoms with Crippen LogP contribution in [0, 0.1) is 19.7 Å². The number of aryl methyl sites for hydroxylation is 2. The van der Waals surface area contributed by atoms with E-state index in [0.717, 1.165) is 0 Å². The Kier molecular flexibility index (Phi) is 4.46. The van der Waals surface area contributed by atoms with E-state index in [1.165, 1.54) is 16.4 Å². The summed E-state index contributed by atoms with van der Waals surface area (Å²) in [6.07, 6.45) is 1.50. The van der Waals surface area contributed by atoms with Crippen molar-refractivity contribution in [1.29, 1.82) is 0 Å². The molecule has 1 aliphatic heterocycles. The molecule has 1 aliphatic rings. The lowest BCUT2D eigenvalue weighted by atomic mass is 10.1. The van der Waals surface area contributed by atoms with E-state index in [2.05, 4.69) is 0 Å². The van der Waals surface area contributed by atoms with E-state index in [4.69, 9.17) is 4.74 Å². The van der Waals surface area contributed by atoms with Gasteiger partial charge in [-0.25, -0.2) is 12.8 Å². The molecule has 1 aromatic carbocycles. The molecule has 2 rings (SSSR count). The number of hydrogen-bond donors (Lipinski definition) is 0. The molecule has 0 bridgehead atoms. The van der Waals surface area contributed by atoms with Gasteiger partial charge in [-0.2, -0.15) is 4.31 Å². The number of halogens is 1. The molecular weight excluding hydrogens is 281 g/mol. The van der Waals surface area contributed by atoms with Crippen LogP contribution in [0.25, 0.3) is 0 Å². The summed E-state index contributed by atoms with van der Waals surface area (Å²) in [6.45, 7) is 4.14. The fraction of sp³-hybridized carbons (Fsp3) is 0.571. The SMILES string of the molecule is COC1CCN(S(=O)(=O)c2c(C)cc(F)cc2C)CC1. The van der Waals surface area contributed by atoms with Gasteiger partial charge in [-0.05, 0) is 49.9 Å². The number of nitrogens with zero attached hydrogens (tertiary/aromatic N) is 1. The van der Waals surface area contributed by atoms with Crippen LogP contribution >= 0.6 is 0 Å². The van der Waals surface area contributed by atoms with Crippen molar-refractivity contribution in [2.75, 3.05) is 20.2 Å². The van der Waals surface area contributed by atoms with Gasteiger partial charge < -0.3 is 4.74 Å². The van der Waals surface area contributed by atoms with Crippen LogP contribution < -0.4 is 0 Å². The number of hydrogen-bond acceptors (Lipinski definition) is 3. The van der Waals surface area contributed by atoms with Crippen molar-refractivity contribution < 1.29 is 17.5 Å². The van der Waals surface area contributed by atoms with Gasteiger partial charge in [-0.3, -0.25) is 0 Å². The van der Waals surface area contributed by atoms with Crippen molar-refractivity contribution in [3.05, 3.63) is 29.1 Å². The molecule has 6 heteroatoms. The van der Waals surface area contributed by atoms with E-state index >= 15 is 0 Å². The third-order valence-corrected chi connectivity index (χ3v) is 5.96. The zero-order chi connectivity index (χ0) is 14.9. The molecule has 112 valence electrons. The molecule has 1 saturated heterocycles. The number of sulfonamides is 1. The molecule has 1 heterocycles. The molecule has 0 atom stereocenters. The van der Waals surface area contributed by atoms with Crippen LogP contribution in [-0.4, -0.2) is 39.0 Å². The van der Waals surface area contributed by atoms with Crippen molar-refractivity contribution in [3.63, 3.8) is 0 Å². The fourth-order valence-corrected chi connectivity index (χ4v) is 4.62. The molecule has 0 aliphatic carbocycles. The second kappa shape index (κ2) is 5.79. The first-order valence-electron chi connectivity index (χ1n) is 6.66. The quantitative estimate of drug-likeness (QED) is 0.860. The van der Waals surface area contributed by atoms with Gasteiger partial charge in [0.05, 0.1) is 11.0 Å². The lowest BCUT2D eigenvalue weighted by molar-refractivity contribution is 0.0604. The number of ether oxygens (including phenoxy) is 1. The Labute approximate surface area is 119 Å². The molecule has 0 radical (unpaired) electrons. The third-order valence-electron chi connectivity index (χ3n) is 3.76. The lowest BCUT2D eigenvalue weighted by Gasteiger charge is -2.31. The minimum absolute atomic E-state index is 0.122. The van der Waals surface area contributed by atoms with Crippen molar-refractivity contribution in [2.45, 2.75) is 37.7 Å². The van der Waals surface area contributed by atoms with E-state index in [9.17, 15) is 12.8 Å². The second-order valence-corrected chi connectivity index (χ2v) is 7.08. The van der Waals surface area contributed by atoms with Crippen LogP contribution in [0.3, 0.4) is 0 Å². The van der Waals surface area contributed by atoms with E-state index < -0.39 is 15.8 Å². The zero-order valence-corrected chi connectivity index (χ0v) is 12.8. The van der Waals surface area contributed by atoms with Gasteiger partial charge in [0, 0.05) is 20.2 Å². The van der Waals surface area contributed by atoms with Gasteiger partial charge in [0.1, 0.15) is 5.82 Å². The van der Waals surface area contributed by atoms with Crippen molar-refractivity contribution in [3.8, 4) is 0 Å². The Morgan fingerprint density at radius 3 is 2.15 bits per heavy atom. The fourth-order valence-electron chi connectivity index (χ4n) is 2.74. The van der Waals surface area contributed by atoms with Crippen LogP contribution in [0.5, 0.6) is 0 Å². The van der Waals surface area contributed by atoms with E-state index in [1.807, 2.05) is 0 Å². The summed E-state index contributed by atoms with van der Waals surface area (Å²) >= 11 is 0. The summed E-state index contributed by atoms with van der Waals surface area (Å²) in [6, 6.07) is 2.53. The average Bonchev–Trinajstić information content (AvgIpc) is 2.37. The van der Waals surface area contributed by atoms with Gasteiger partial charge >= 0.3 is 0 Å². The molecule has 0 aromatic heterocycles. The van der Waals surface area contributed by atoms with Crippen LogP contribution in [0.1, 0.15) is 24.0 Å². The summed E-state index contributed by atoms with van der Waals surface area (Å²) in [5.74, 6) is -0.406. The number of piperidine rings is 1. The highest BCUT2D eigenvalue weighted by Gasteiger charge is 2.31. The maximum Gasteiger partial charge on any atom is 0.243 e. The van der Waals surface area contributed by atoms with Crippen molar-refractivity contribution in [1.82, 2.24) is 4.31 Å². The summed E-state index contributed by atoms with van der Waals surface area (Å²) in [5, 5.41) is 0. The van der Waals surface area contributed by atoms with Gasteiger partial charge in [0.2, 0.25) is 10.0 Å².